The molecule has 3 aromatic rings. The van der Waals surface area contributed by atoms with Gasteiger partial charge in [0.25, 0.3) is 5.56 Å². The lowest BCUT2D eigenvalue weighted by Crippen LogP contribution is -2.52. The maximum atomic E-state index is 13.1. The summed E-state index contributed by atoms with van der Waals surface area (Å²) in [6.45, 7) is 3.34. The Morgan fingerprint density at radius 2 is 2.06 bits per heavy atom. The number of rotatable bonds is 3. The van der Waals surface area contributed by atoms with E-state index in [1.165, 1.54) is 11.9 Å². The highest BCUT2D eigenvalue weighted by molar-refractivity contribution is 5.89. The van der Waals surface area contributed by atoms with Gasteiger partial charge in [0.05, 0.1) is 23.6 Å². The van der Waals surface area contributed by atoms with Gasteiger partial charge in [-0.3, -0.25) is 9.89 Å². The fourth-order valence-electron chi connectivity index (χ4n) is 4.25. The molecule has 4 heterocycles. The summed E-state index contributed by atoms with van der Waals surface area (Å²) in [4.78, 5) is 33.1. The predicted octanol–water partition coefficient (Wildman–Crippen LogP) is 3.05. The number of alkyl halides is 3. The highest BCUT2D eigenvalue weighted by Crippen LogP contribution is 2.30. The summed E-state index contributed by atoms with van der Waals surface area (Å²) in [5.41, 5.74) is -0.469. The van der Waals surface area contributed by atoms with Crippen molar-refractivity contribution in [3.05, 3.63) is 46.6 Å². The van der Waals surface area contributed by atoms with E-state index < -0.39 is 29.0 Å². The molecule has 3 aromatic heterocycles. The molecule has 1 saturated heterocycles. The van der Waals surface area contributed by atoms with Crippen molar-refractivity contribution in [1.29, 1.82) is 0 Å². The van der Waals surface area contributed by atoms with Crippen LogP contribution < -0.4 is 15.8 Å². The number of carbonyl (C=O) groups excluding carboxylic acids is 1. The third-order valence-corrected chi connectivity index (χ3v) is 6.07. The second-order valence-corrected chi connectivity index (χ2v) is 8.38. The molecule has 0 spiro atoms. The Morgan fingerprint density at radius 3 is 2.76 bits per heavy atom. The molecule has 0 saturated carbocycles. The first-order chi connectivity index (χ1) is 15.5. The van der Waals surface area contributed by atoms with Crippen molar-refractivity contribution in [1.82, 2.24) is 24.6 Å². The maximum absolute atomic E-state index is 13.1. The van der Waals surface area contributed by atoms with E-state index in [1.807, 2.05) is 13.0 Å². The zero-order valence-corrected chi connectivity index (χ0v) is 18.3. The Balaban J connectivity index is 1.45. The van der Waals surface area contributed by atoms with Gasteiger partial charge in [0.2, 0.25) is 0 Å². The fraction of sp³-hybridized carbons (Fsp3) is 0.429. The van der Waals surface area contributed by atoms with E-state index in [-0.39, 0.29) is 12.0 Å². The molecule has 0 bridgehead atoms. The van der Waals surface area contributed by atoms with Gasteiger partial charge in [-0.1, -0.05) is 6.92 Å². The summed E-state index contributed by atoms with van der Waals surface area (Å²) >= 11 is 0. The topological polar surface area (TPSA) is 99.2 Å². The molecule has 2 amide bonds. The van der Waals surface area contributed by atoms with E-state index in [4.69, 9.17) is 0 Å². The number of aromatic amines is 1. The lowest BCUT2D eigenvalue weighted by molar-refractivity contribution is -0.138. The molecule has 0 aromatic carbocycles. The van der Waals surface area contributed by atoms with Gasteiger partial charge in [0.1, 0.15) is 5.69 Å². The molecule has 0 aliphatic carbocycles. The molecule has 176 valence electrons. The van der Waals surface area contributed by atoms with E-state index in [2.05, 4.69) is 25.4 Å². The van der Waals surface area contributed by atoms with Gasteiger partial charge >= 0.3 is 12.2 Å². The van der Waals surface area contributed by atoms with Crippen LogP contribution in [-0.2, 0) is 13.2 Å². The van der Waals surface area contributed by atoms with E-state index >= 15 is 0 Å². The zero-order valence-electron chi connectivity index (χ0n) is 18.3. The van der Waals surface area contributed by atoms with Gasteiger partial charge in [-0.15, -0.1) is 0 Å². The predicted molar refractivity (Wildman–Crippen MR) is 117 cm³/mol. The summed E-state index contributed by atoms with van der Waals surface area (Å²) in [6, 6.07) is 1.89. The number of piperidine rings is 1. The number of H-pyrrole nitrogens is 1. The van der Waals surface area contributed by atoms with Crippen LogP contribution in [0, 0.1) is 5.92 Å². The number of carbonyl (C=O) groups is 1. The first kappa shape index (κ1) is 22.6. The van der Waals surface area contributed by atoms with Crippen LogP contribution in [0.3, 0.4) is 0 Å². The van der Waals surface area contributed by atoms with Gasteiger partial charge in [0, 0.05) is 44.8 Å². The van der Waals surface area contributed by atoms with Crippen LogP contribution in [0.5, 0.6) is 0 Å². The number of halogens is 3. The molecule has 12 heteroatoms. The summed E-state index contributed by atoms with van der Waals surface area (Å²) in [5.74, 6) is 0.0684. The number of hydrogen-bond donors (Lipinski definition) is 2. The monoisotopic (exact) mass is 463 g/mol. The average molecular weight is 463 g/mol. The highest BCUT2D eigenvalue weighted by Gasteiger charge is 2.34. The van der Waals surface area contributed by atoms with E-state index in [9.17, 15) is 22.8 Å². The van der Waals surface area contributed by atoms with Crippen molar-refractivity contribution in [2.75, 3.05) is 30.4 Å². The molecule has 0 unspecified atom stereocenters. The molecular weight excluding hydrogens is 439 g/mol. The summed E-state index contributed by atoms with van der Waals surface area (Å²) < 4.78 is 40.1. The van der Waals surface area contributed by atoms with Crippen molar-refractivity contribution >= 4 is 28.4 Å². The summed E-state index contributed by atoms with van der Waals surface area (Å²) in [7, 11) is 2.80. The highest BCUT2D eigenvalue weighted by atomic mass is 19.4. The molecule has 4 rings (SSSR count). The fourth-order valence-corrected chi connectivity index (χ4v) is 4.25. The van der Waals surface area contributed by atoms with Crippen LogP contribution >= 0.6 is 0 Å². The van der Waals surface area contributed by atoms with Gasteiger partial charge in [-0.05, 0) is 24.5 Å². The number of nitrogens with zero attached hydrogens (tertiary/aromatic N) is 5. The second kappa shape index (κ2) is 8.41. The number of urea groups is 1. The number of hydrogen-bond acceptors (Lipinski definition) is 5. The Hall–Kier alpha value is -3.57. The van der Waals surface area contributed by atoms with Crippen molar-refractivity contribution in [3.63, 3.8) is 0 Å². The number of nitrogens with one attached hydrogen (secondary N) is 2. The minimum absolute atomic E-state index is 0.0684. The Bertz CT molecular complexity index is 1240. The zero-order chi connectivity index (χ0) is 23.9. The number of fused-ring (bicyclic) bond motifs is 1. The minimum Gasteiger partial charge on any atom is -0.370 e. The quantitative estimate of drug-likeness (QED) is 0.622. The maximum Gasteiger partial charge on any atom is 0.417 e. The Labute approximate surface area is 187 Å². The third kappa shape index (κ3) is 4.50. The molecule has 9 nitrogen and oxygen atoms in total. The van der Waals surface area contributed by atoms with Crippen LogP contribution in [0.15, 0.2) is 35.5 Å². The lowest BCUT2D eigenvalue weighted by Gasteiger charge is -2.42. The van der Waals surface area contributed by atoms with E-state index in [1.54, 1.807) is 19.4 Å². The number of aromatic nitrogens is 4. The number of aryl methyl sites for hydroxylation is 1. The smallest absolute Gasteiger partial charge is 0.370 e. The summed E-state index contributed by atoms with van der Waals surface area (Å²) in [5, 5.41) is 10.1. The number of anilines is 2. The van der Waals surface area contributed by atoms with Crippen LogP contribution in [0.25, 0.3) is 11.0 Å². The van der Waals surface area contributed by atoms with Crippen LogP contribution in [0.2, 0.25) is 0 Å². The lowest BCUT2D eigenvalue weighted by atomic mass is 9.92. The number of amides is 2. The Morgan fingerprint density at radius 1 is 1.30 bits per heavy atom. The van der Waals surface area contributed by atoms with Crippen LogP contribution in [0.4, 0.5) is 29.3 Å². The van der Waals surface area contributed by atoms with Crippen molar-refractivity contribution in [2.45, 2.75) is 25.6 Å². The summed E-state index contributed by atoms with van der Waals surface area (Å²) in [6.07, 6.45) is 0.197. The average Bonchev–Trinajstić information content (AvgIpc) is 3.23. The first-order valence-electron chi connectivity index (χ1n) is 10.4. The van der Waals surface area contributed by atoms with Gasteiger partial charge in [-0.25, -0.2) is 9.78 Å². The number of pyridine rings is 2. The SMILES string of the molecule is C[C@@H]1CN(c2cnc3[nH]ncc3c2)CC[C@@H]1N(C)C(=O)Nc1cc(C(F)(F)F)cn(C)c1=O. The normalized spacial score (nSPS) is 19.0. The van der Waals surface area contributed by atoms with Gasteiger partial charge in [0.15, 0.2) is 5.65 Å². The standard InChI is InChI=1S/C21H24F3N7O2/c1-12-10-31(15-6-13-8-26-28-18(13)25-9-15)5-4-17(12)30(3)20(33)27-16-7-14(21(22,23)24)11-29(2)19(16)32/h6-9,11-12,17H,4-5,10H2,1-3H3,(H,27,33)(H,25,26,28)/t12-,17+/m1/s1. The van der Waals surface area contributed by atoms with Crippen molar-refractivity contribution < 1.29 is 18.0 Å². The van der Waals surface area contributed by atoms with Crippen molar-refractivity contribution in [2.24, 2.45) is 13.0 Å². The van der Waals surface area contributed by atoms with Crippen molar-refractivity contribution in [3.8, 4) is 0 Å². The van der Waals surface area contributed by atoms with Crippen LogP contribution in [0.1, 0.15) is 18.9 Å². The second-order valence-electron chi connectivity index (χ2n) is 8.38. The third-order valence-electron chi connectivity index (χ3n) is 6.07. The van der Waals surface area contributed by atoms with Gasteiger partial charge < -0.3 is 19.7 Å². The minimum atomic E-state index is -4.63. The molecule has 1 fully saturated rings. The molecular formula is C21H24F3N7O2. The molecule has 0 radical (unpaired) electrons. The largest absolute Gasteiger partial charge is 0.417 e. The molecule has 33 heavy (non-hydrogen) atoms. The molecule has 2 atom stereocenters. The van der Waals surface area contributed by atoms with Gasteiger partial charge in [-0.2, -0.15) is 18.3 Å². The first-order valence-corrected chi connectivity index (χ1v) is 10.4. The molecule has 1 aliphatic rings. The van der Waals surface area contributed by atoms with Crippen LogP contribution in [-0.4, -0.2) is 56.9 Å². The van der Waals surface area contributed by atoms with E-state index in [0.29, 0.717) is 37.4 Å². The van der Waals surface area contributed by atoms with E-state index in [0.717, 1.165) is 15.6 Å². The Kier molecular flexibility index (Phi) is 5.76. The molecule has 2 N–H and O–H groups in total. The molecule has 1 aliphatic heterocycles.